The van der Waals surface area contributed by atoms with E-state index in [1.54, 1.807) is 7.11 Å². The lowest BCUT2D eigenvalue weighted by Gasteiger charge is -2.51. The van der Waals surface area contributed by atoms with Crippen LogP contribution in [0.25, 0.3) is 0 Å². The first-order valence-corrected chi connectivity index (χ1v) is 12.9. The van der Waals surface area contributed by atoms with E-state index in [2.05, 4.69) is 26.8 Å². The number of ether oxygens (including phenoxy) is 5. The van der Waals surface area contributed by atoms with Crippen LogP contribution >= 0.6 is 0 Å². The number of hydrogen-bond donors (Lipinski definition) is 0. The van der Waals surface area contributed by atoms with Crippen molar-refractivity contribution in [1.82, 2.24) is 0 Å². The molecule has 190 valence electrons. The second kappa shape index (κ2) is 8.31. The first kappa shape index (κ1) is 24.3. The Hall–Kier alpha value is -1.44. The summed E-state index contributed by atoms with van der Waals surface area (Å²) < 4.78 is 29.7. The lowest BCUT2D eigenvalue weighted by atomic mass is 9.53. The van der Waals surface area contributed by atoms with Gasteiger partial charge in [0.25, 0.3) is 0 Å². The zero-order valence-electron chi connectivity index (χ0n) is 21.3. The van der Waals surface area contributed by atoms with Gasteiger partial charge in [0.1, 0.15) is 23.4 Å². The maximum absolute atomic E-state index is 13.6. The number of hydrogen-bond acceptors (Lipinski definition) is 7. The van der Waals surface area contributed by atoms with Gasteiger partial charge < -0.3 is 23.7 Å². The third kappa shape index (κ3) is 3.73. The lowest BCUT2D eigenvalue weighted by molar-refractivity contribution is -0.193. The van der Waals surface area contributed by atoms with Gasteiger partial charge in [-0.1, -0.05) is 11.6 Å². The fourth-order valence-electron chi connectivity index (χ4n) is 7.35. The molecule has 2 aliphatic heterocycles. The minimum absolute atomic E-state index is 0.0225. The van der Waals surface area contributed by atoms with Crippen LogP contribution in [0.5, 0.6) is 0 Å². The molecule has 2 bridgehead atoms. The van der Waals surface area contributed by atoms with E-state index in [0.29, 0.717) is 45.1 Å². The molecule has 4 aliphatic carbocycles. The van der Waals surface area contributed by atoms with E-state index < -0.39 is 10.8 Å². The number of esters is 2. The van der Waals surface area contributed by atoms with E-state index in [-0.39, 0.29) is 47.4 Å². The van der Waals surface area contributed by atoms with Gasteiger partial charge in [0, 0.05) is 7.11 Å². The van der Waals surface area contributed by atoms with Crippen molar-refractivity contribution in [3.63, 3.8) is 0 Å². The van der Waals surface area contributed by atoms with Crippen molar-refractivity contribution in [2.75, 3.05) is 20.8 Å². The zero-order chi connectivity index (χ0) is 24.4. The van der Waals surface area contributed by atoms with Crippen molar-refractivity contribution in [3.8, 4) is 0 Å². The summed E-state index contributed by atoms with van der Waals surface area (Å²) >= 11 is 0. The van der Waals surface area contributed by atoms with E-state index in [0.717, 1.165) is 19.3 Å². The van der Waals surface area contributed by atoms with E-state index in [4.69, 9.17) is 23.7 Å². The van der Waals surface area contributed by atoms with Crippen LogP contribution in [0.15, 0.2) is 11.6 Å². The van der Waals surface area contributed by atoms with Crippen LogP contribution in [-0.2, 0) is 33.3 Å². The van der Waals surface area contributed by atoms with E-state index in [9.17, 15) is 9.59 Å². The summed E-state index contributed by atoms with van der Waals surface area (Å²) in [4.78, 5) is 25.9. The molecular formula is C27H40O7. The Balaban J connectivity index is 1.29. The average molecular weight is 477 g/mol. The van der Waals surface area contributed by atoms with Crippen molar-refractivity contribution in [2.24, 2.45) is 16.7 Å². The van der Waals surface area contributed by atoms with Crippen LogP contribution in [0.1, 0.15) is 78.6 Å². The van der Waals surface area contributed by atoms with E-state index >= 15 is 0 Å². The van der Waals surface area contributed by atoms with Crippen LogP contribution in [0.2, 0.25) is 0 Å². The summed E-state index contributed by atoms with van der Waals surface area (Å²) in [6.07, 6.45) is 8.39. The molecule has 6 rings (SSSR count). The van der Waals surface area contributed by atoms with Crippen LogP contribution in [0.3, 0.4) is 0 Å². The van der Waals surface area contributed by atoms with Crippen molar-refractivity contribution >= 4 is 11.9 Å². The second-order valence-electron chi connectivity index (χ2n) is 11.9. The Morgan fingerprint density at radius 2 is 1.56 bits per heavy atom. The highest BCUT2D eigenvalue weighted by Gasteiger charge is 2.72. The molecule has 7 heteroatoms. The topological polar surface area (TPSA) is 86.9 Å². The minimum atomic E-state index is -0.485. The molecule has 2 heterocycles. The van der Waals surface area contributed by atoms with Crippen molar-refractivity contribution < 1.29 is 33.3 Å². The summed E-state index contributed by atoms with van der Waals surface area (Å²) in [5.41, 5.74) is -0.186. The first-order chi connectivity index (χ1) is 16.1. The first-order valence-electron chi connectivity index (χ1n) is 12.9. The summed E-state index contributed by atoms with van der Waals surface area (Å²) in [5, 5.41) is 0. The molecule has 0 N–H and O–H groups in total. The summed E-state index contributed by atoms with van der Waals surface area (Å²) in [5.74, 6) is -0.222. The summed E-state index contributed by atoms with van der Waals surface area (Å²) in [7, 11) is 3.16. The van der Waals surface area contributed by atoms with Gasteiger partial charge in [-0.2, -0.15) is 0 Å². The van der Waals surface area contributed by atoms with Crippen molar-refractivity contribution in [3.05, 3.63) is 11.6 Å². The molecule has 0 unspecified atom stereocenters. The van der Waals surface area contributed by atoms with Gasteiger partial charge in [0.15, 0.2) is 0 Å². The normalized spacial score (nSPS) is 46.6. The molecule has 1 spiro atoms. The predicted molar refractivity (Wildman–Crippen MR) is 124 cm³/mol. The molecular weight excluding hydrogens is 436 g/mol. The second-order valence-corrected chi connectivity index (χ2v) is 11.9. The third-order valence-electron chi connectivity index (χ3n) is 9.79. The van der Waals surface area contributed by atoms with Crippen molar-refractivity contribution in [1.29, 1.82) is 0 Å². The number of allylic oxidation sites excluding steroid dienone is 1. The highest BCUT2D eigenvalue weighted by atomic mass is 16.6. The lowest BCUT2D eigenvalue weighted by Crippen LogP contribution is -2.57. The quantitative estimate of drug-likeness (QED) is 0.310. The maximum atomic E-state index is 13.6. The van der Waals surface area contributed by atoms with Gasteiger partial charge in [0.2, 0.25) is 0 Å². The molecule has 6 aliphatic rings. The molecule has 6 fully saturated rings. The van der Waals surface area contributed by atoms with Crippen LogP contribution in [0, 0.1) is 16.7 Å². The fraction of sp³-hybridized carbons (Fsp3) is 0.852. The number of methoxy groups -OCH3 is 2. The number of fused-ring (bicyclic) bond motifs is 3. The molecule has 0 aromatic rings. The van der Waals surface area contributed by atoms with Crippen molar-refractivity contribution in [2.45, 2.75) is 108 Å². The van der Waals surface area contributed by atoms with Gasteiger partial charge in [-0.3, -0.25) is 9.59 Å². The standard InChI is InChI=1S/C27H40O7/c1-17(2)6-7-19-24(3,34-19)21-20(30-4)18(8-9-27(21)16-32-27)33-23(29)26-13-10-25(11-14-26,12-15-26)22(28)31-5/h6,18-21H,7-16H2,1-5H3/t18-,19-,20-,21-,24+,25?,26?,27+/m1/s1. The minimum Gasteiger partial charge on any atom is -0.469 e. The van der Waals surface area contributed by atoms with E-state index in [1.165, 1.54) is 12.7 Å². The largest absolute Gasteiger partial charge is 0.469 e. The Kier molecular flexibility index (Phi) is 5.93. The molecule has 4 saturated carbocycles. The Morgan fingerprint density at radius 1 is 0.971 bits per heavy atom. The molecule has 0 radical (unpaired) electrons. The van der Waals surface area contributed by atoms with Crippen LogP contribution in [-0.4, -0.2) is 62.3 Å². The molecule has 0 aromatic carbocycles. The molecule has 2 saturated heterocycles. The third-order valence-corrected chi connectivity index (χ3v) is 9.79. The smallest absolute Gasteiger partial charge is 0.312 e. The monoisotopic (exact) mass is 476 g/mol. The number of carbonyl (C=O) groups excluding carboxylic acids is 2. The van der Waals surface area contributed by atoms with Gasteiger partial charge in [0.05, 0.1) is 36.6 Å². The van der Waals surface area contributed by atoms with Crippen LogP contribution < -0.4 is 0 Å². The fourth-order valence-corrected chi connectivity index (χ4v) is 7.35. The SMILES string of the molecule is COC(=O)C12CCC(C(=O)O[C@@H]3CC[C@]4(CO4)[C@@H]([C@@]4(C)O[C@@H]4CC=C(C)C)[C@@H]3OC)(CC1)CC2. The highest BCUT2D eigenvalue weighted by molar-refractivity contribution is 5.81. The Labute approximate surface area is 202 Å². The van der Waals surface area contributed by atoms with Gasteiger partial charge >= 0.3 is 11.9 Å². The maximum Gasteiger partial charge on any atom is 0.312 e. The molecule has 7 nitrogen and oxygen atoms in total. The molecule has 0 amide bonds. The average Bonchev–Trinajstić information content (AvgIpc) is 3.76. The number of epoxide rings is 2. The Morgan fingerprint density at radius 3 is 2.06 bits per heavy atom. The number of rotatable bonds is 7. The molecule has 6 atom stereocenters. The Bertz CT molecular complexity index is 846. The predicted octanol–water partition coefficient (Wildman–Crippen LogP) is 4.12. The summed E-state index contributed by atoms with van der Waals surface area (Å²) in [6, 6.07) is 0. The molecule has 34 heavy (non-hydrogen) atoms. The molecule has 0 aromatic heterocycles. The van der Waals surface area contributed by atoms with Gasteiger partial charge in [-0.25, -0.2) is 0 Å². The van der Waals surface area contributed by atoms with E-state index in [1.807, 2.05) is 0 Å². The van der Waals surface area contributed by atoms with Gasteiger partial charge in [-0.15, -0.1) is 0 Å². The van der Waals surface area contributed by atoms with Crippen LogP contribution in [0.4, 0.5) is 0 Å². The summed E-state index contributed by atoms with van der Waals surface area (Å²) in [6.45, 7) is 7.08. The zero-order valence-corrected chi connectivity index (χ0v) is 21.3. The highest BCUT2D eigenvalue weighted by Crippen LogP contribution is 2.61. The number of carbonyl (C=O) groups is 2. The van der Waals surface area contributed by atoms with Gasteiger partial charge in [-0.05, 0) is 78.6 Å².